The zero-order chi connectivity index (χ0) is 29.4. The molecule has 0 unspecified atom stereocenters. The van der Waals surface area contributed by atoms with E-state index in [2.05, 4.69) is 30.9 Å². The number of aryl methyl sites for hydroxylation is 1. The van der Waals surface area contributed by atoms with E-state index in [0.717, 1.165) is 22.2 Å². The number of hydrogen-bond donors (Lipinski definition) is 1. The SMILES string of the molecule is CSc1ccc([C@@H]2C(C(=O)OC(C)C)=C(C)N=c3s/c(=C\c4cc(Br)c(Sc5nc(C)cc(=O)[nH]5)o4)c(=O)n32)cc1. The normalized spacial score (nSPS) is 15.3. The number of thiazole rings is 1. The summed E-state index contributed by atoms with van der Waals surface area (Å²) in [6, 6.07) is 10.2. The van der Waals surface area contributed by atoms with Crippen molar-refractivity contribution in [2.75, 3.05) is 6.26 Å². The highest BCUT2D eigenvalue weighted by Crippen LogP contribution is 2.35. The van der Waals surface area contributed by atoms with Gasteiger partial charge in [0.2, 0.25) is 0 Å². The molecular formula is C28H25BrN4O5S3. The molecule has 1 N–H and O–H groups in total. The van der Waals surface area contributed by atoms with E-state index >= 15 is 0 Å². The Bertz CT molecular complexity index is 1920. The van der Waals surface area contributed by atoms with Crippen molar-refractivity contribution < 1.29 is 13.9 Å². The summed E-state index contributed by atoms with van der Waals surface area (Å²) >= 11 is 7.47. The topological polar surface area (TPSA) is 120 Å². The number of fused-ring (bicyclic) bond motifs is 1. The van der Waals surface area contributed by atoms with Crippen molar-refractivity contribution in [2.24, 2.45) is 4.99 Å². The Kier molecular flexibility index (Phi) is 8.60. The molecule has 0 saturated heterocycles. The number of esters is 1. The highest BCUT2D eigenvalue weighted by Gasteiger charge is 2.33. The zero-order valence-corrected chi connectivity index (χ0v) is 26.7. The summed E-state index contributed by atoms with van der Waals surface area (Å²) < 4.78 is 14.1. The molecule has 5 rings (SSSR count). The van der Waals surface area contributed by atoms with E-state index in [-0.39, 0.29) is 17.2 Å². The molecule has 41 heavy (non-hydrogen) atoms. The number of rotatable bonds is 7. The molecular weight excluding hydrogens is 648 g/mol. The molecule has 1 aliphatic heterocycles. The van der Waals surface area contributed by atoms with Gasteiger partial charge in [-0.2, -0.15) is 0 Å². The van der Waals surface area contributed by atoms with Gasteiger partial charge in [0.05, 0.1) is 32.4 Å². The molecule has 0 bridgehead atoms. The van der Waals surface area contributed by atoms with Gasteiger partial charge in [-0.1, -0.05) is 23.5 Å². The first-order chi connectivity index (χ1) is 19.5. The second-order valence-electron chi connectivity index (χ2n) is 9.39. The molecule has 0 radical (unpaired) electrons. The van der Waals surface area contributed by atoms with Crippen molar-refractivity contribution in [3.05, 3.63) is 99.2 Å². The molecule has 4 heterocycles. The van der Waals surface area contributed by atoms with E-state index in [1.165, 1.54) is 17.4 Å². The lowest BCUT2D eigenvalue weighted by molar-refractivity contribution is -0.143. The fourth-order valence-corrected chi connectivity index (χ4v) is 7.08. The summed E-state index contributed by atoms with van der Waals surface area (Å²) in [5.74, 6) is -0.0791. The highest BCUT2D eigenvalue weighted by molar-refractivity contribution is 9.10. The van der Waals surface area contributed by atoms with Gasteiger partial charge >= 0.3 is 5.97 Å². The first-order valence-electron chi connectivity index (χ1n) is 12.5. The van der Waals surface area contributed by atoms with Gasteiger partial charge in [-0.05, 0) is 85.4 Å². The van der Waals surface area contributed by atoms with Crippen LogP contribution < -0.4 is 20.5 Å². The van der Waals surface area contributed by atoms with E-state index < -0.39 is 12.0 Å². The number of ether oxygens (including phenoxy) is 1. The molecule has 0 aliphatic carbocycles. The maximum absolute atomic E-state index is 13.9. The van der Waals surface area contributed by atoms with Crippen LogP contribution in [0.2, 0.25) is 0 Å². The summed E-state index contributed by atoms with van der Waals surface area (Å²) in [5, 5.41) is 0.860. The van der Waals surface area contributed by atoms with E-state index in [1.807, 2.05) is 30.5 Å². The van der Waals surface area contributed by atoms with Crippen LogP contribution in [-0.4, -0.2) is 32.9 Å². The number of hydrogen-bond acceptors (Lipinski definition) is 10. The molecule has 0 fully saturated rings. The standard InChI is InChI=1S/C28H25BrN4O5S3/c1-13(2)37-25(36)22-15(4)31-28-33(23(22)16-6-8-18(39-5)9-7-16)24(35)20(40-28)12-17-11-19(29)26(38-17)41-27-30-14(3)10-21(34)32-27/h6-13,23H,1-5H3,(H,30,32,34)/b20-12-/t23-/m1/s1. The van der Waals surface area contributed by atoms with Crippen molar-refractivity contribution in [2.45, 2.75) is 55.0 Å². The minimum Gasteiger partial charge on any atom is -0.459 e. The van der Waals surface area contributed by atoms with Crippen LogP contribution in [0.15, 0.2) is 86.3 Å². The zero-order valence-electron chi connectivity index (χ0n) is 22.7. The van der Waals surface area contributed by atoms with Crippen molar-refractivity contribution >= 4 is 62.8 Å². The van der Waals surface area contributed by atoms with Crippen molar-refractivity contribution in [3.63, 3.8) is 0 Å². The number of H-pyrrole nitrogens is 1. The van der Waals surface area contributed by atoms with Crippen LogP contribution in [0, 0.1) is 6.92 Å². The maximum atomic E-state index is 13.9. The summed E-state index contributed by atoms with van der Waals surface area (Å²) in [7, 11) is 0. The number of aromatic nitrogens is 3. The molecule has 9 nitrogen and oxygen atoms in total. The average molecular weight is 674 g/mol. The lowest BCUT2D eigenvalue weighted by Crippen LogP contribution is -2.40. The largest absolute Gasteiger partial charge is 0.459 e. The van der Waals surface area contributed by atoms with E-state index in [4.69, 9.17) is 9.15 Å². The van der Waals surface area contributed by atoms with Gasteiger partial charge in [0, 0.05) is 22.7 Å². The van der Waals surface area contributed by atoms with Crippen LogP contribution in [0.5, 0.6) is 0 Å². The smallest absolute Gasteiger partial charge is 0.338 e. The van der Waals surface area contributed by atoms with Crippen LogP contribution in [0.25, 0.3) is 6.08 Å². The monoisotopic (exact) mass is 672 g/mol. The lowest BCUT2D eigenvalue weighted by Gasteiger charge is -2.25. The number of nitrogens with zero attached hydrogens (tertiary/aromatic N) is 3. The van der Waals surface area contributed by atoms with Crippen LogP contribution >= 0.6 is 50.8 Å². The van der Waals surface area contributed by atoms with Crippen LogP contribution in [0.4, 0.5) is 0 Å². The number of nitrogens with one attached hydrogen (secondary N) is 1. The Morgan fingerprint density at radius 1 is 1.22 bits per heavy atom. The number of halogens is 1. The van der Waals surface area contributed by atoms with Crippen LogP contribution in [0.3, 0.4) is 0 Å². The molecule has 0 amide bonds. The number of thioether (sulfide) groups is 1. The molecule has 1 atom stereocenters. The summed E-state index contributed by atoms with van der Waals surface area (Å²) in [5.41, 5.74) is 1.63. The number of benzene rings is 1. The number of carbonyl (C=O) groups excluding carboxylic acids is 1. The Morgan fingerprint density at radius 2 is 1.95 bits per heavy atom. The lowest BCUT2D eigenvalue weighted by atomic mass is 9.96. The van der Waals surface area contributed by atoms with Gasteiger partial charge in [-0.25, -0.2) is 14.8 Å². The fourth-order valence-electron chi connectivity index (χ4n) is 4.29. The Labute approximate surface area is 255 Å². The van der Waals surface area contributed by atoms with Gasteiger partial charge in [0.25, 0.3) is 11.1 Å². The van der Waals surface area contributed by atoms with Gasteiger partial charge in [0.1, 0.15) is 5.76 Å². The summed E-state index contributed by atoms with van der Waals surface area (Å²) in [4.78, 5) is 52.1. The summed E-state index contributed by atoms with van der Waals surface area (Å²) in [6.07, 6.45) is 3.30. The molecule has 1 aromatic carbocycles. The summed E-state index contributed by atoms with van der Waals surface area (Å²) in [6.45, 7) is 7.06. The second-order valence-corrected chi connectivity index (χ2v) is 13.1. The first kappa shape index (κ1) is 29.4. The molecule has 3 aromatic heterocycles. The third-order valence-corrected chi connectivity index (χ3v) is 9.45. The third kappa shape index (κ3) is 6.22. The predicted octanol–water partition coefficient (Wildman–Crippen LogP) is 4.81. The van der Waals surface area contributed by atoms with Crippen molar-refractivity contribution in [3.8, 4) is 0 Å². The second kappa shape index (κ2) is 12.0. The number of aromatic amines is 1. The van der Waals surface area contributed by atoms with Crippen LogP contribution in [0.1, 0.15) is 43.8 Å². The Hall–Kier alpha value is -3.13. The van der Waals surface area contributed by atoms with Gasteiger partial charge in [0.15, 0.2) is 15.1 Å². The molecule has 13 heteroatoms. The quantitative estimate of drug-likeness (QED) is 0.169. The third-order valence-electron chi connectivity index (χ3n) is 6.00. The maximum Gasteiger partial charge on any atom is 0.338 e. The van der Waals surface area contributed by atoms with Crippen LogP contribution in [-0.2, 0) is 9.53 Å². The van der Waals surface area contributed by atoms with E-state index in [1.54, 1.807) is 56.2 Å². The fraction of sp³-hybridized carbons (Fsp3) is 0.250. The molecule has 0 saturated carbocycles. The number of carbonyl (C=O) groups is 1. The predicted molar refractivity (Wildman–Crippen MR) is 163 cm³/mol. The minimum atomic E-state index is -0.700. The van der Waals surface area contributed by atoms with Gasteiger partial charge in [-0.15, -0.1) is 11.8 Å². The van der Waals surface area contributed by atoms with Crippen molar-refractivity contribution in [1.82, 2.24) is 14.5 Å². The van der Waals surface area contributed by atoms with E-state index in [9.17, 15) is 14.4 Å². The molecule has 4 aromatic rings. The van der Waals surface area contributed by atoms with Gasteiger partial charge in [-0.3, -0.25) is 14.2 Å². The number of furan rings is 1. The van der Waals surface area contributed by atoms with Crippen molar-refractivity contribution in [1.29, 1.82) is 0 Å². The first-order valence-corrected chi connectivity index (χ1v) is 16.1. The van der Waals surface area contributed by atoms with Gasteiger partial charge < -0.3 is 14.1 Å². The molecule has 0 spiro atoms. The minimum absolute atomic E-state index is 0.256. The Balaban J connectivity index is 1.60. The number of allylic oxidation sites excluding steroid dienone is 1. The van der Waals surface area contributed by atoms with E-state index in [0.29, 0.717) is 46.8 Å². The highest BCUT2D eigenvalue weighted by atomic mass is 79.9. The molecule has 212 valence electrons. The Morgan fingerprint density at radius 3 is 2.61 bits per heavy atom. The molecule has 1 aliphatic rings. The average Bonchev–Trinajstić information content (AvgIpc) is 3.39.